The van der Waals surface area contributed by atoms with E-state index in [0.29, 0.717) is 0 Å². The Labute approximate surface area is 235 Å². The second kappa shape index (κ2) is 25.5. The molecule has 0 fully saturated rings. The van der Waals surface area contributed by atoms with Crippen LogP contribution in [0.3, 0.4) is 0 Å². The molecule has 0 bridgehead atoms. The first-order valence-corrected chi connectivity index (χ1v) is 13.7. The lowest BCUT2D eigenvalue weighted by Crippen LogP contribution is -3.00. The number of aromatic nitrogens is 4. The Kier molecular flexibility index (Phi) is 26.7. The van der Waals surface area contributed by atoms with Gasteiger partial charge in [0.15, 0.2) is 0 Å². The third-order valence-electron chi connectivity index (χ3n) is 6.19. The molecule has 34 heavy (non-hydrogen) atoms. The van der Waals surface area contributed by atoms with Crippen LogP contribution in [0.5, 0.6) is 0 Å². The molecule has 0 aliphatic rings. The van der Waals surface area contributed by atoms with Crippen LogP contribution in [0.4, 0.5) is 0 Å². The zero-order valence-corrected chi connectivity index (χ0v) is 25.7. The van der Waals surface area contributed by atoms with Crippen LogP contribution in [0, 0.1) is 0 Å². The van der Waals surface area contributed by atoms with Gasteiger partial charge in [-0.05, 0) is 25.7 Å². The first kappa shape index (κ1) is 35.6. The molecule has 0 unspecified atom stereocenters. The Morgan fingerprint density at radius 2 is 0.794 bits per heavy atom. The van der Waals surface area contributed by atoms with Gasteiger partial charge < -0.3 is 36.4 Å². The molecular formula is C28H54ClIN4. The summed E-state index contributed by atoms with van der Waals surface area (Å²) in [6.07, 6.45) is 35.2. The van der Waals surface area contributed by atoms with Crippen LogP contribution in [0.25, 0.3) is 0 Å². The Morgan fingerprint density at radius 1 is 0.500 bits per heavy atom. The lowest BCUT2D eigenvalue weighted by Gasteiger charge is -2.00. The zero-order chi connectivity index (χ0) is 23.3. The Hall–Kier alpha value is -0.560. The highest BCUT2D eigenvalue weighted by molar-refractivity contribution is 4.66. The maximum Gasteiger partial charge on any atom is 0.243 e. The van der Waals surface area contributed by atoms with Crippen molar-refractivity contribution in [1.82, 2.24) is 9.13 Å². The monoisotopic (exact) mass is 608 g/mol. The fourth-order valence-corrected chi connectivity index (χ4v) is 4.12. The van der Waals surface area contributed by atoms with Crippen molar-refractivity contribution >= 4 is 0 Å². The summed E-state index contributed by atoms with van der Waals surface area (Å²) in [5, 5.41) is 0. The van der Waals surface area contributed by atoms with Crippen LogP contribution >= 0.6 is 0 Å². The van der Waals surface area contributed by atoms with Crippen molar-refractivity contribution in [3.63, 3.8) is 0 Å². The molecule has 0 spiro atoms. The molecular weight excluding hydrogens is 555 g/mol. The predicted molar refractivity (Wildman–Crippen MR) is 136 cm³/mol. The lowest BCUT2D eigenvalue weighted by molar-refractivity contribution is -0.671. The second-order valence-electron chi connectivity index (χ2n) is 9.58. The van der Waals surface area contributed by atoms with Crippen molar-refractivity contribution in [2.24, 2.45) is 14.1 Å². The third-order valence-corrected chi connectivity index (χ3v) is 6.19. The summed E-state index contributed by atoms with van der Waals surface area (Å²) in [5.74, 6) is 0. The number of hydrogen-bond donors (Lipinski definition) is 0. The predicted octanol–water partition coefficient (Wildman–Crippen LogP) is 0.915. The Morgan fingerprint density at radius 3 is 1.06 bits per heavy atom. The van der Waals surface area contributed by atoms with Gasteiger partial charge in [-0.15, -0.1) is 0 Å². The Bertz CT molecular complexity index is 600. The van der Waals surface area contributed by atoms with Crippen LogP contribution in [0.15, 0.2) is 37.4 Å². The summed E-state index contributed by atoms with van der Waals surface area (Å²) in [5.41, 5.74) is 0. The molecule has 6 heteroatoms. The molecule has 2 heterocycles. The molecule has 0 amide bonds. The summed E-state index contributed by atoms with van der Waals surface area (Å²) in [6, 6.07) is 0. The minimum absolute atomic E-state index is 0. The van der Waals surface area contributed by atoms with E-state index in [1.54, 1.807) is 0 Å². The first-order valence-electron chi connectivity index (χ1n) is 13.7. The number of nitrogens with zero attached hydrogens (tertiary/aromatic N) is 4. The van der Waals surface area contributed by atoms with Gasteiger partial charge in [0, 0.05) is 0 Å². The minimum atomic E-state index is 0. The zero-order valence-electron chi connectivity index (χ0n) is 22.7. The molecule has 0 radical (unpaired) electrons. The number of halogens is 2. The summed E-state index contributed by atoms with van der Waals surface area (Å²) in [7, 11) is 4.15. The van der Waals surface area contributed by atoms with Crippen molar-refractivity contribution in [2.75, 3.05) is 0 Å². The number of hydrogen-bond acceptors (Lipinski definition) is 0. The van der Waals surface area contributed by atoms with E-state index in [0.717, 1.165) is 0 Å². The number of aryl methyl sites for hydroxylation is 4. The SMILES string of the molecule is CCCCCCCCCCn1cc[n+](C)c1.CCCCCCCCCCn1cc[n+](C)c1.[Cl-].[I-]. The molecule has 0 N–H and O–H groups in total. The molecule has 0 saturated heterocycles. The summed E-state index contributed by atoms with van der Waals surface area (Å²) in [4.78, 5) is 0. The minimum Gasteiger partial charge on any atom is -1.00 e. The van der Waals surface area contributed by atoms with Gasteiger partial charge in [0.05, 0.1) is 27.2 Å². The smallest absolute Gasteiger partial charge is 0.243 e. The molecule has 4 nitrogen and oxygen atoms in total. The number of imidazole rings is 2. The van der Waals surface area contributed by atoms with E-state index in [-0.39, 0.29) is 36.4 Å². The van der Waals surface area contributed by atoms with E-state index in [9.17, 15) is 0 Å². The highest BCUT2D eigenvalue weighted by Crippen LogP contribution is 2.09. The molecule has 0 aromatic carbocycles. The van der Waals surface area contributed by atoms with Crippen molar-refractivity contribution < 1.29 is 45.5 Å². The molecule has 200 valence electrons. The largest absolute Gasteiger partial charge is 1.00 e. The van der Waals surface area contributed by atoms with E-state index < -0.39 is 0 Å². The van der Waals surface area contributed by atoms with E-state index in [1.807, 2.05) is 0 Å². The van der Waals surface area contributed by atoms with Crippen molar-refractivity contribution in [3.8, 4) is 0 Å². The van der Waals surface area contributed by atoms with Gasteiger partial charge in [-0.2, -0.15) is 0 Å². The molecule has 0 saturated carbocycles. The second-order valence-corrected chi connectivity index (χ2v) is 9.58. The van der Waals surface area contributed by atoms with Gasteiger partial charge in [-0.3, -0.25) is 0 Å². The quantitative estimate of drug-likeness (QED) is 0.136. The van der Waals surface area contributed by atoms with Gasteiger partial charge in [-0.1, -0.05) is 90.9 Å². The highest BCUT2D eigenvalue weighted by atomic mass is 127. The number of rotatable bonds is 18. The average Bonchev–Trinajstić information content (AvgIpc) is 3.40. The van der Waals surface area contributed by atoms with Crippen LogP contribution in [-0.2, 0) is 27.2 Å². The van der Waals surface area contributed by atoms with Gasteiger partial charge in [0.2, 0.25) is 12.7 Å². The fourth-order valence-electron chi connectivity index (χ4n) is 4.12. The van der Waals surface area contributed by atoms with Crippen LogP contribution in [0.1, 0.15) is 117 Å². The van der Waals surface area contributed by atoms with Crippen LogP contribution in [-0.4, -0.2) is 9.13 Å². The molecule has 2 aromatic heterocycles. The molecule has 0 atom stereocenters. The summed E-state index contributed by atoms with van der Waals surface area (Å²) >= 11 is 0. The highest BCUT2D eigenvalue weighted by Gasteiger charge is 2.00. The van der Waals surface area contributed by atoms with Crippen LogP contribution in [0.2, 0.25) is 0 Å². The molecule has 2 aromatic rings. The van der Waals surface area contributed by atoms with E-state index >= 15 is 0 Å². The maximum absolute atomic E-state index is 2.27. The van der Waals surface area contributed by atoms with E-state index in [2.05, 4.69) is 83.7 Å². The van der Waals surface area contributed by atoms with E-state index in [4.69, 9.17) is 0 Å². The summed E-state index contributed by atoms with van der Waals surface area (Å²) < 4.78 is 8.75. The Balaban J connectivity index is 0. The van der Waals surface area contributed by atoms with Gasteiger partial charge in [0.1, 0.15) is 24.8 Å². The molecule has 2 rings (SSSR count). The maximum atomic E-state index is 2.27. The standard InChI is InChI=1S/2C14H27N2.ClH.HI/c2*1-3-4-5-6-7-8-9-10-11-16-13-12-15(2)14-16;;/h2*12-14H,3-11H2,1-2H3;2*1H/q2*+1;;/p-2. The topological polar surface area (TPSA) is 17.6 Å². The fraction of sp³-hybridized carbons (Fsp3) is 0.786. The third kappa shape index (κ3) is 20.8. The van der Waals surface area contributed by atoms with Crippen molar-refractivity contribution in [3.05, 3.63) is 37.4 Å². The number of unbranched alkanes of at least 4 members (excludes halogenated alkanes) is 14. The van der Waals surface area contributed by atoms with Crippen molar-refractivity contribution in [2.45, 2.75) is 130 Å². The van der Waals surface area contributed by atoms with Crippen molar-refractivity contribution in [1.29, 1.82) is 0 Å². The van der Waals surface area contributed by atoms with Gasteiger partial charge in [0.25, 0.3) is 0 Å². The normalized spacial score (nSPS) is 10.2. The van der Waals surface area contributed by atoms with Gasteiger partial charge in [-0.25, -0.2) is 18.3 Å². The lowest BCUT2D eigenvalue weighted by atomic mass is 10.1. The van der Waals surface area contributed by atoms with Crippen LogP contribution < -0.4 is 45.5 Å². The van der Waals surface area contributed by atoms with E-state index in [1.165, 1.54) is 116 Å². The first-order chi connectivity index (χ1) is 15.7. The average molecular weight is 609 g/mol. The molecule has 0 aliphatic heterocycles. The molecule has 0 aliphatic carbocycles. The summed E-state index contributed by atoms with van der Waals surface area (Å²) in [6.45, 7) is 6.90. The van der Waals surface area contributed by atoms with Gasteiger partial charge >= 0.3 is 0 Å².